The molecule has 0 saturated heterocycles. The summed E-state index contributed by atoms with van der Waals surface area (Å²) < 4.78 is 5.65. The van der Waals surface area contributed by atoms with Crippen LogP contribution in [0.5, 0.6) is 0 Å². The quantitative estimate of drug-likeness (QED) is 0.857. The third-order valence-electron chi connectivity index (χ3n) is 2.26. The molecule has 0 atom stereocenters. The number of aromatic nitrogens is 1. The van der Waals surface area contributed by atoms with Gasteiger partial charge in [0.05, 0.1) is 0 Å². The third kappa shape index (κ3) is 2.31. The predicted octanol–water partition coefficient (Wildman–Crippen LogP) is 2.97. The van der Waals surface area contributed by atoms with Gasteiger partial charge in [-0.3, -0.25) is 0 Å². The third-order valence-corrected chi connectivity index (χ3v) is 2.26. The highest BCUT2D eigenvalue weighted by atomic mass is 16.3. The van der Waals surface area contributed by atoms with Crippen LogP contribution in [0.4, 0.5) is 0 Å². The number of nitrogens with one attached hydrogen (secondary N) is 1. The van der Waals surface area contributed by atoms with E-state index < -0.39 is 0 Å². The van der Waals surface area contributed by atoms with Crippen LogP contribution in [0.1, 0.15) is 25.3 Å². The summed E-state index contributed by atoms with van der Waals surface area (Å²) in [5.41, 5.74) is 4.14. The van der Waals surface area contributed by atoms with E-state index in [2.05, 4.69) is 16.4 Å². The molecule has 3 heteroatoms. The van der Waals surface area contributed by atoms with Crippen LogP contribution in [0.15, 0.2) is 28.2 Å². The van der Waals surface area contributed by atoms with Gasteiger partial charge < -0.3 is 9.73 Å². The van der Waals surface area contributed by atoms with Gasteiger partial charge in [0, 0.05) is 6.54 Å². The Balaban J connectivity index is 2.42. The van der Waals surface area contributed by atoms with Gasteiger partial charge in [-0.2, -0.15) is 0 Å². The van der Waals surface area contributed by atoms with Crippen molar-refractivity contribution in [3.05, 3.63) is 35.2 Å². The number of fused-ring (bicyclic) bond motifs is 1. The van der Waals surface area contributed by atoms with Gasteiger partial charge in [0.2, 0.25) is 5.89 Å². The second-order valence-corrected chi connectivity index (χ2v) is 4.11. The maximum atomic E-state index is 5.65. The van der Waals surface area contributed by atoms with Gasteiger partial charge in [0.15, 0.2) is 5.58 Å². The number of benzene rings is 1. The first kappa shape index (κ1) is 10.9. The molecule has 0 unspecified atom stereocenters. The first-order chi connectivity index (χ1) is 7.69. The summed E-state index contributed by atoms with van der Waals surface area (Å²) in [5.74, 6) is 0.677. The largest absolute Gasteiger partial charge is 0.437 e. The van der Waals surface area contributed by atoms with Crippen LogP contribution in [0, 0.1) is 0 Å². The van der Waals surface area contributed by atoms with Gasteiger partial charge >= 0.3 is 0 Å². The lowest BCUT2D eigenvalue weighted by molar-refractivity contribution is 0.588. The van der Waals surface area contributed by atoms with E-state index in [1.165, 1.54) is 11.1 Å². The number of nitrogens with zero attached hydrogens (tertiary/aromatic N) is 1. The standard InChI is InChI=1S/C13H16N2O/c1-9(2)6-13-15-11-5-4-10(8-14-3)7-12(11)16-13/h4-7,14H,8H2,1-3H3. The van der Waals surface area contributed by atoms with Gasteiger partial charge in [-0.1, -0.05) is 11.6 Å². The van der Waals surface area contributed by atoms with Crippen LogP contribution in [0.3, 0.4) is 0 Å². The molecule has 0 saturated carbocycles. The highest BCUT2D eigenvalue weighted by molar-refractivity contribution is 5.74. The molecule has 2 rings (SSSR count). The first-order valence-electron chi connectivity index (χ1n) is 5.38. The van der Waals surface area contributed by atoms with Gasteiger partial charge in [-0.15, -0.1) is 0 Å². The summed E-state index contributed by atoms with van der Waals surface area (Å²) in [6.07, 6.45) is 1.94. The van der Waals surface area contributed by atoms with E-state index in [0.29, 0.717) is 5.89 Å². The Kier molecular flexibility index (Phi) is 3.06. The predicted molar refractivity (Wildman–Crippen MR) is 66.1 cm³/mol. The van der Waals surface area contributed by atoms with Crippen LogP contribution >= 0.6 is 0 Å². The Morgan fingerprint density at radius 3 is 2.94 bits per heavy atom. The average Bonchev–Trinajstić information content (AvgIpc) is 2.58. The van der Waals surface area contributed by atoms with Crippen molar-refractivity contribution in [1.82, 2.24) is 10.3 Å². The smallest absolute Gasteiger partial charge is 0.219 e. The summed E-state index contributed by atoms with van der Waals surface area (Å²) in [6, 6.07) is 6.09. The lowest BCUT2D eigenvalue weighted by atomic mass is 10.2. The SMILES string of the molecule is CNCc1ccc2nc(C=C(C)C)oc2c1. The van der Waals surface area contributed by atoms with E-state index in [1.807, 2.05) is 39.1 Å². The molecule has 0 aliphatic rings. The zero-order valence-electron chi connectivity index (χ0n) is 9.87. The van der Waals surface area contributed by atoms with Gasteiger partial charge in [-0.05, 0) is 44.7 Å². The second kappa shape index (κ2) is 4.49. The van der Waals surface area contributed by atoms with Gasteiger partial charge in [-0.25, -0.2) is 4.98 Å². The fourth-order valence-electron chi connectivity index (χ4n) is 1.61. The number of allylic oxidation sites excluding steroid dienone is 1. The number of hydrogen-bond acceptors (Lipinski definition) is 3. The number of hydrogen-bond donors (Lipinski definition) is 1. The Morgan fingerprint density at radius 2 is 2.25 bits per heavy atom. The molecule has 0 radical (unpaired) electrons. The topological polar surface area (TPSA) is 38.1 Å². The maximum absolute atomic E-state index is 5.65. The fraction of sp³-hybridized carbons (Fsp3) is 0.308. The highest BCUT2D eigenvalue weighted by Gasteiger charge is 2.04. The Labute approximate surface area is 95.2 Å². The van der Waals surface area contributed by atoms with E-state index in [-0.39, 0.29) is 0 Å². The molecule has 0 fully saturated rings. The summed E-state index contributed by atoms with van der Waals surface area (Å²) >= 11 is 0. The molecule has 0 amide bonds. The van der Waals surface area contributed by atoms with Crippen molar-refractivity contribution in [2.45, 2.75) is 20.4 Å². The summed E-state index contributed by atoms with van der Waals surface area (Å²) in [7, 11) is 1.93. The molecule has 1 heterocycles. The van der Waals surface area contributed by atoms with Crippen molar-refractivity contribution in [3.8, 4) is 0 Å². The van der Waals surface area contributed by atoms with Crippen LogP contribution in [0.2, 0.25) is 0 Å². The molecule has 0 bridgehead atoms. The molecule has 16 heavy (non-hydrogen) atoms. The molecule has 3 nitrogen and oxygen atoms in total. The van der Waals surface area contributed by atoms with Gasteiger partial charge in [0.25, 0.3) is 0 Å². The molecular weight excluding hydrogens is 200 g/mol. The van der Waals surface area contributed by atoms with Crippen molar-refractivity contribution in [2.75, 3.05) is 7.05 Å². The molecule has 0 spiro atoms. The minimum atomic E-state index is 0.677. The monoisotopic (exact) mass is 216 g/mol. The second-order valence-electron chi connectivity index (χ2n) is 4.11. The molecule has 84 valence electrons. The Hall–Kier alpha value is -1.61. The van der Waals surface area contributed by atoms with Crippen LogP contribution < -0.4 is 5.32 Å². The maximum Gasteiger partial charge on any atom is 0.219 e. The first-order valence-corrected chi connectivity index (χ1v) is 5.38. The lowest BCUT2D eigenvalue weighted by Crippen LogP contribution is -2.04. The molecule has 1 aromatic heterocycles. The van der Waals surface area contributed by atoms with Crippen LogP contribution in [-0.4, -0.2) is 12.0 Å². The molecule has 1 aromatic carbocycles. The molecule has 0 aliphatic heterocycles. The minimum absolute atomic E-state index is 0.677. The molecule has 0 aliphatic carbocycles. The molecule has 2 aromatic rings. The number of oxazole rings is 1. The van der Waals surface area contributed by atoms with E-state index in [9.17, 15) is 0 Å². The van der Waals surface area contributed by atoms with E-state index in [1.54, 1.807) is 0 Å². The van der Waals surface area contributed by atoms with Crippen molar-refractivity contribution in [1.29, 1.82) is 0 Å². The van der Waals surface area contributed by atoms with Crippen molar-refractivity contribution in [2.24, 2.45) is 0 Å². The summed E-state index contributed by atoms with van der Waals surface area (Å²) in [6.45, 7) is 4.90. The van der Waals surface area contributed by atoms with E-state index >= 15 is 0 Å². The minimum Gasteiger partial charge on any atom is -0.437 e. The van der Waals surface area contributed by atoms with Crippen LogP contribution in [-0.2, 0) is 6.54 Å². The van der Waals surface area contributed by atoms with E-state index in [0.717, 1.165) is 17.6 Å². The van der Waals surface area contributed by atoms with E-state index in [4.69, 9.17) is 4.42 Å². The molecule has 1 N–H and O–H groups in total. The van der Waals surface area contributed by atoms with Crippen molar-refractivity contribution in [3.63, 3.8) is 0 Å². The van der Waals surface area contributed by atoms with Crippen molar-refractivity contribution >= 4 is 17.2 Å². The summed E-state index contributed by atoms with van der Waals surface area (Å²) in [4.78, 5) is 4.39. The van der Waals surface area contributed by atoms with Crippen molar-refractivity contribution < 1.29 is 4.42 Å². The fourth-order valence-corrected chi connectivity index (χ4v) is 1.61. The van der Waals surface area contributed by atoms with Crippen LogP contribution in [0.25, 0.3) is 17.2 Å². The molecular formula is C13H16N2O. The lowest BCUT2D eigenvalue weighted by Gasteiger charge is -1.97. The highest BCUT2D eigenvalue weighted by Crippen LogP contribution is 2.18. The normalized spacial score (nSPS) is 10.7. The summed E-state index contributed by atoms with van der Waals surface area (Å²) in [5, 5.41) is 3.11. The Bertz CT molecular complexity index is 522. The average molecular weight is 216 g/mol. The Morgan fingerprint density at radius 1 is 1.44 bits per heavy atom. The number of rotatable bonds is 3. The zero-order valence-corrected chi connectivity index (χ0v) is 9.87. The zero-order chi connectivity index (χ0) is 11.5. The van der Waals surface area contributed by atoms with Gasteiger partial charge in [0.1, 0.15) is 5.52 Å².